The van der Waals surface area contributed by atoms with E-state index in [0.717, 1.165) is 15.6 Å². The van der Waals surface area contributed by atoms with Gasteiger partial charge in [0.05, 0.1) is 6.04 Å². The van der Waals surface area contributed by atoms with Crippen molar-refractivity contribution >= 4 is 27.5 Å². The molecule has 2 aromatic rings. The fourth-order valence-corrected chi connectivity index (χ4v) is 2.95. The Hall–Kier alpha value is -0.900. The minimum absolute atomic E-state index is 0.200. The summed E-state index contributed by atoms with van der Waals surface area (Å²) in [6, 6.07) is 10.6. The second-order valence-corrected chi connectivity index (χ2v) is 5.80. The summed E-state index contributed by atoms with van der Waals surface area (Å²) < 4.78 is 15.0. The molecule has 0 radical (unpaired) electrons. The molecule has 100 valence electrons. The van der Waals surface area contributed by atoms with E-state index in [2.05, 4.69) is 21.2 Å². The van der Waals surface area contributed by atoms with Crippen molar-refractivity contribution in [3.05, 3.63) is 68.4 Å². The van der Waals surface area contributed by atoms with Crippen LogP contribution in [-0.4, -0.2) is 7.05 Å². The molecule has 2 aromatic carbocycles. The highest BCUT2D eigenvalue weighted by atomic mass is 79.9. The summed E-state index contributed by atoms with van der Waals surface area (Å²) in [7, 11) is 1.81. The van der Waals surface area contributed by atoms with Gasteiger partial charge in [-0.1, -0.05) is 39.7 Å². The first-order valence-corrected chi connectivity index (χ1v) is 7.07. The minimum atomic E-state index is -0.301. The zero-order valence-electron chi connectivity index (χ0n) is 10.7. The van der Waals surface area contributed by atoms with Gasteiger partial charge in [0.1, 0.15) is 5.82 Å². The highest BCUT2D eigenvalue weighted by Gasteiger charge is 2.17. The lowest BCUT2D eigenvalue weighted by Gasteiger charge is -2.19. The average molecular weight is 343 g/mol. The Morgan fingerprint density at radius 1 is 1.21 bits per heavy atom. The second kappa shape index (κ2) is 6.04. The number of aryl methyl sites for hydroxylation is 1. The highest BCUT2D eigenvalue weighted by Crippen LogP contribution is 2.28. The number of hydrogen-bond acceptors (Lipinski definition) is 1. The van der Waals surface area contributed by atoms with Crippen LogP contribution in [0.2, 0.25) is 5.02 Å². The second-order valence-electron chi connectivity index (χ2n) is 4.45. The summed E-state index contributed by atoms with van der Waals surface area (Å²) in [5.74, 6) is -0.301. The molecule has 0 fully saturated rings. The zero-order valence-corrected chi connectivity index (χ0v) is 13.0. The predicted molar refractivity (Wildman–Crippen MR) is 81.2 cm³/mol. The molecule has 19 heavy (non-hydrogen) atoms. The molecule has 0 aromatic heterocycles. The summed E-state index contributed by atoms with van der Waals surface area (Å²) in [5.41, 5.74) is 2.72. The van der Waals surface area contributed by atoms with Crippen LogP contribution in [0.4, 0.5) is 4.39 Å². The minimum Gasteiger partial charge on any atom is -0.309 e. The van der Waals surface area contributed by atoms with Crippen LogP contribution in [0, 0.1) is 12.7 Å². The normalized spacial score (nSPS) is 12.5. The lowest BCUT2D eigenvalue weighted by Crippen LogP contribution is -2.19. The van der Waals surface area contributed by atoms with E-state index >= 15 is 0 Å². The first-order chi connectivity index (χ1) is 9.01. The molecule has 0 aliphatic rings. The van der Waals surface area contributed by atoms with Gasteiger partial charge in [0.2, 0.25) is 0 Å². The predicted octanol–water partition coefficient (Wildman–Crippen LogP) is 4.86. The largest absolute Gasteiger partial charge is 0.309 e. The van der Waals surface area contributed by atoms with E-state index in [-0.39, 0.29) is 11.9 Å². The van der Waals surface area contributed by atoms with Crippen molar-refractivity contribution in [1.29, 1.82) is 0 Å². The van der Waals surface area contributed by atoms with Gasteiger partial charge in [-0.25, -0.2) is 4.39 Å². The molecule has 1 unspecified atom stereocenters. The monoisotopic (exact) mass is 341 g/mol. The Morgan fingerprint density at radius 2 is 1.95 bits per heavy atom. The number of benzene rings is 2. The van der Waals surface area contributed by atoms with E-state index in [1.807, 2.05) is 32.2 Å². The van der Waals surface area contributed by atoms with E-state index < -0.39 is 0 Å². The van der Waals surface area contributed by atoms with Crippen molar-refractivity contribution in [3.63, 3.8) is 0 Å². The maximum Gasteiger partial charge on any atom is 0.129 e. The lowest BCUT2D eigenvalue weighted by atomic mass is 9.97. The van der Waals surface area contributed by atoms with Gasteiger partial charge in [0.15, 0.2) is 0 Å². The Bertz CT molecular complexity index is 580. The van der Waals surface area contributed by atoms with Gasteiger partial charge in [-0.2, -0.15) is 0 Å². The summed E-state index contributed by atoms with van der Waals surface area (Å²) in [5, 5.41) is 3.55. The van der Waals surface area contributed by atoms with Crippen molar-refractivity contribution in [2.24, 2.45) is 0 Å². The molecule has 0 aliphatic heterocycles. The first kappa shape index (κ1) is 14.5. The van der Waals surface area contributed by atoms with Crippen molar-refractivity contribution in [3.8, 4) is 0 Å². The molecule has 0 saturated heterocycles. The van der Waals surface area contributed by atoms with Crippen LogP contribution >= 0.6 is 27.5 Å². The van der Waals surface area contributed by atoms with Gasteiger partial charge in [0.25, 0.3) is 0 Å². The maximum absolute atomic E-state index is 14.0. The van der Waals surface area contributed by atoms with Gasteiger partial charge in [0, 0.05) is 15.1 Å². The van der Waals surface area contributed by atoms with Crippen LogP contribution in [0.1, 0.15) is 22.7 Å². The molecule has 0 saturated carbocycles. The van der Waals surface area contributed by atoms with Gasteiger partial charge in [-0.15, -0.1) is 0 Å². The molecule has 1 N–H and O–H groups in total. The standard InChI is InChI=1S/C15H14BrClFN/c1-9-5-10(7-11(16)6-9)15(19-2)13-4-3-12(17)8-14(13)18/h3-8,15,19H,1-2H3. The van der Waals surface area contributed by atoms with Gasteiger partial charge in [-0.05, 0) is 49.4 Å². The Kier molecular flexibility index (Phi) is 4.61. The SMILES string of the molecule is CNC(c1cc(C)cc(Br)c1)c1ccc(Cl)cc1F. The smallest absolute Gasteiger partial charge is 0.129 e. The molecule has 0 amide bonds. The summed E-state index contributed by atoms with van der Waals surface area (Å²) in [6.45, 7) is 2.01. The molecule has 0 heterocycles. The van der Waals surface area contributed by atoms with E-state index in [1.165, 1.54) is 6.07 Å². The zero-order chi connectivity index (χ0) is 14.0. The van der Waals surface area contributed by atoms with E-state index in [0.29, 0.717) is 10.6 Å². The Labute approximate surface area is 125 Å². The van der Waals surface area contributed by atoms with E-state index in [1.54, 1.807) is 12.1 Å². The quantitative estimate of drug-likeness (QED) is 0.840. The first-order valence-electron chi connectivity index (χ1n) is 5.90. The fourth-order valence-electron chi connectivity index (χ4n) is 2.17. The Morgan fingerprint density at radius 3 is 2.53 bits per heavy atom. The highest BCUT2D eigenvalue weighted by molar-refractivity contribution is 9.10. The fraction of sp³-hybridized carbons (Fsp3) is 0.200. The Balaban J connectivity index is 2.49. The molecule has 0 aliphatic carbocycles. The van der Waals surface area contributed by atoms with Crippen LogP contribution in [0.5, 0.6) is 0 Å². The van der Waals surface area contributed by atoms with E-state index in [4.69, 9.17) is 11.6 Å². The number of rotatable bonds is 3. The van der Waals surface area contributed by atoms with Gasteiger partial charge < -0.3 is 5.32 Å². The summed E-state index contributed by atoms with van der Waals surface area (Å²) in [6.07, 6.45) is 0. The topological polar surface area (TPSA) is 12.0 Å². The van der Waals surface area contributed by atoms with Crippen molar-refractivity contribution in [2.75, 3.05) is 7.05 Å². The lowest BCUT2D eigenvalue weighted by molar-refractivity contribution is 0.576. The van der Waals surface area contributed by atoms with Crippen molar-refractivity contribution < 1.29 is 4.39 Å². The summed E-state index contributed by atoms with van der Waals surface area (Å²) in [4.78, 5) is 0. The number of nitrogens with one attached hydrogen (secondary N) is 1. The molecule has 1 nitrogen and oxygen atoms in total. The van der Waals surface area contributed by atoms with Gasteiger partial charge >= 0.3 is 0 Å². The van der Waals surface area contributed by atoms with Crippen LogP contribution in [0.3, 0.4) is 0 Å². The third-order valence-electron chi connectivity index (χ3n) is 2.96. The molecular formula is C15H14BrClFN. The third-order valence-corrected chi connectivity index (χ3v) is 3.65. The van der Waals surface area contributed by atoms with Gasteiger partial charge in [-0.3, -0.25) is 0 Å². The average Bonchev–Trinajstić information content (AvgIpc) is 2.31. The summed E-state index contributed by atoms with van der Waals surface area (Å²) >= 11 is 9.26. The number of hydrogen-bond donors (Lipinski definition) is 1. The molecule has 1 atom stereocenters. The van der Waals surface area contributed by atoms with Crippen LogP contribution in [-0.2, 0) is 0 Å². The molecule has 0 bridgehead atoms. The molecular weight excluding hydrogens is 329 g/mol. The molecule has 4 heteroatoms. The van der Waals surface area contributed by atoms with Crippen molar-refractivity contribution in [1.82, 2.24) is 5.32 Å². The molecule has 2 rings (SSSR count). The van der Waals surface area contributed by atoms with Crippen molar-refractivity contribution in [2.45, 2.75) is 13.0 Å². The third kappa shape index (κ3) is 3.35. The van der Waals surface area contributed by atoms with Crippen LogP contribution < -0.4 is 5.32 Å². The molecule has 0 spiro atoms. The van der Waals surface area contributed by atoms with Crippen LogP contribution in [0.25, 0.3) is 0 Å². The number of halogens is 3. The van der Waals surface area contributed by atoms with Crippen LogP contribution in [0.15, 0.2) is 40.9 Å². The van der Waals surface area contributed by atoms with E-state index in [9.17, 15) is 4.39 Å². The maximum atomic E-state index is 14.0.